The predicted molar refractivity (Wildman–Crippen MR) is 134 cm³/mol. The van der Waals surface area contributed by atoms with Crippen LogP contribution < -0.4 is 5.32 Å². The summed E-state index contributed by atoms with van der Waals surface area (Å²) in [5.74, 6) is -2.74. The summed E-state index contributed by atoms with van der Waals surface area (Å²) in [4.78, 5) is 42.4. The van der Waals surface area contributed by atoms with E-state index in [1.165, 1.54) is 4.90 Å². The number of esters is 1. The fourth-order valence-electron chi connectivity index (χ4n) is 6.55. The minimum Gasteiger partial charge on any atom is -0.466 e. The first-order chi connectivity index (χ1) is 17.4. The number of anilines is 1. The van der Waals surface area contributed by atoms with Crippen molar-refractivity contribution >= 4 is 34.2 Å². The highest BCUT2D eigenvalue weighted by atomic mass is 16.6. The zero-order valence-corrected chi connectivity index (χ0v) is 21.0. The van der Waals surface area contributed by atoms with Crippen molar-refractivity contribution in [3.8, 4) is 0 Å². The van der Waals surface area contributed by atoms with Gasteiger partial charge >= 0.3 is 5.97 Å². The van der Waals surface area contributed by atoms with Crippen molar-refractivity contribution in [3.05, 3.63) is 42.5 Å². The van der Waals surface area contributed by atoms with Gasteiger partial charge in [-0.25, -0.2) is 0 Å². The van der Waals surface area contributed by atoms with Crippen LogP contribution in [0.3, 0.4) is 0 Å². The Hall–Kier alpha value is -2.97. The normalized spacial score (nSPS) is 30.3. The molecule has 7 atom stereocenters. The quantitative estimate of drug-likeness (QED) is 0.547. The summed E-state index contributed by atoms with van der Waals surface area (Å²) in [6.07, 6.45) is 1.34. The van der Waals surface area contributed by atoms with E-state index in [4.69, 9.17) is 9.47 Å². The number of aliphatic hydroxyl groups excluding tert-OH is 1. The van der Waals surface area contributed by atoms with Crippen LogP contribution in [-0.2, 0) is 23.9 Å². The molecule has 36 heavy (non-hydrogen) atoms. The number of hydrogen-bond acceptors (Lipinski definition) is 6. The number of ether oxygens (including phenoxy) is 2. The second kappa shape index (κ2) is 9.48. The van der Waals surface area contributed by atoms with E-state index in [1.807, 2.05) is 56.3 Å². The van der Waals surface area contributed by atoms with Gasteiger partial charge in [-0.2, -0.15) is 0 Å². The Kier molecular flexibility index (Phi) is 6.51. The van der Waals surface area contributed by atoms with Gasteiger partial charge in [-0.3, -0.25) is 14.4 Å². The largest absolute Gasteiger partial charge is 0.466 e. The molecular formula is C28H34N2O6. The molecule has 2 amide bonds. The third-order valence-electron chi connectivity index (χ3n) is 8.41. The molecule has 2 aromatic rings. The zero-order valence-electron chi connectivity index (χ0n) is 21.0. The summed E-state index contributed by atoms with van der Waals surface area (Å²) in [6.45, 7) is 5.60. The van der Waals surface area contributed by atoms with Crippen LogP contribution in [0.5, 0.6) is 0 Å². The number of carbonyl (C=O) groups excluding carboxylic acids is 3. The number of amides is 2. The molecule has 1 spiro atoms. The van der Waals surface area contributed by atoms with Gasteiger partial charge < -0.3 is 24.8 Å². The monoisotopic (exact) mass is 494 g/mol. The average Bonchev–Trinajstić information content (AvgIpc) is 3.52. The molecule has 0 aliphatic carbocycles. The van der Waals surface area contributed by atoms with Gasteiger partial charge in [0.25, 0.3) is 0 Å². The summed E-state index contributed by atoms with van der Waals surface area (Å²) >= 11 is 0. The Morgan fingerprint density at radius 1 is 1.22 bits per heavy atom. The number of aliphatic hydroxyl groups is 1. The number of carbonyl (C=O) groups is 3. The van der Waals surface area contributed by atoms with Crippen LogP contribution in [0.1, 0.15) is 40.0 Å². The third-order valence-corrected chi connectivity index (χ3v) is 8.41. The van der Waals surface area contributed by atoms with Gasteiger partial charge in [0, 0.05) is 5.69 Å². The van der Waals surface area contributed by atoms with Gasteiger partial charge in [-0.1, -0.05) is 50.6 Å². The highest BCUT2D eigenvalue weighted by Gasteiger charge is 2.75. The third kappa shape index (κ3) is 3.69. The van der Waals surface area contributed by atoms with E-state index in [0.717, 1.165) is 17.2 Å². The van der Waals surface area contributed by atoms with Crippen LogP contribution in [0.25, 0.3) is 10.8 Å². The minimum atomic E-state index is -1.12. The molecule has 0 saturated carbocycles. The number of rotatable bonds is 8. The molecule has 0 radical (unpaired) electrons. The van der Waals surface area contributed by atoms with Gasteiger partial charge in [0.2, 0.25) is 11.8 Å². The highest BCUT2D eigenvalue weighted by Crippen LogP contribution is 2.59. The first-order valence-corrected chi connectivity index (χ1v) is 12.9. The molecule has 2 N–H and O–H groups in total. The number of nitrogens with one attached hydrogen (secondary N) is 1. The van der Waals surface area contributed by atoms with E-state index >= 15 is 0 Å². The number of nitrogens with zero attached hydrogens (tertiary/aromatic N) is 1. The minimum absolute atomic E-state index is 0.0524. The summed E-state index contributed by atoms with van der Waals surface area (Å²) in [6, 6.07) is 12.0. The molecule has 8 heteroatoms. The van der Waals surface area contributed by atoms with E-state index in [1.54, 1.807) is 6.92 Å². The Bertz CT molecular complexity index is 1180. The SMILES string of the molecule is CCOC(=O)[C@@H]1[C@H]2C(=O)N([C@@H](CO)[C@@H](C)CC)C(C(=O)Nc3ccc4ccccc4c3)C23CC[C@H]1O3. The molecule has 8 nitrogen and oxygen atoms in total. The number of fused-ring (bicyclic) bond motifs is 2. The van der Waals surface area contributed by atoms with Crippen molar-refractivity contribution < 1.29 is 29.0 Å². The fourth-order valence-corrected chi connectivity index (χ4v) is 6.55. The lowest BCUT2D eigenvalue weighted by molar-refractivity contribution is -0.155. The van der Waals surface area contributed by atoms with Crippen molar-refractivity contribution in [2.45, 2.75) is 63.8 Å². The van der Waals surface area contributed by atoms with Crippen molar-refractivity contribution in [2.24, 2.45) is 17.8 Å². The van der Waals surface area contributed by atoms with Crippen molar-refractivity contribution in [2.75, 3.05) is 18.5 Å². The van der Waals surface area contributed by atoms with Gasteiger partial charge in [-0.05, 0) is 48.6 Å². The number of benzene rings is 2. The maximum absolute atomic E-state index is 14.0. The molecule has 0 aromatic heterocycles. The van der Waals surface area contributed by atoms with Gasteiger partial charge in [0.15, 0.2) is 0 Å². The summed E-state index contributed by atoms with van der Waals surface area (Å²) in [5.41, 5.74) is -0.509. The Morgan fingerprint density at radius 3 is 2.67 bits per heavy atom. The van der Waals surface area contributed by atoms with Crippen molar-refractivity contribution in [3.63, 3.8) is 0 Å². The summed E-state index contributed by atoms with van der Waals surface area (Å²) in [5, 5.41) is 15.4. The predicted octanol–water partition coefficient (Wildman–Crippen LogP) is 3.12. The van der Waals surface area contributed by atoms with Crippen molar-refractivity contribution in [1.82, 2.24) is 4.90 Å². The average molecular weight is 495 g/mol. The number of hydrogen-bond donors (Lipinski definition) is 2. The molecule has 5 rings (SSSR count). The first-order valence-electron chi connectivity index (χ1n) is 12.9. The smallest absolute Gasteiger partial charge is 0.312 e. The van der Waals surface area contributed by atoms with E-state index in [0.29, 0.717) is 18.5 Å². The van der Waals surface area contributed by atoms with E-state index in [-0.39, 0.29) is 30.9 Å². The summed E-state index contributed by atoms with van der Waals surface area (Å²) < 4.78 is 11.7. The molecule has 2 unspecified atom stereocenters. The van der Waals surface area contributed by atoms with E-state index in [2.05, 4.69) is 5.32 Å². The lowest BCUT2D eigenvalue weighted by Gasteiger charge is -2.38. The summed E-state index contributed by atoms with van der Waals surface area (Å²) in [7, 11) is 0. The standard InChI is InChI=1S/C28H34N2O6/c1-4-16(3)20(15-31)30-24(25(32)29-19-11-10-17-8-6-7-9-18(17)14-19)28-13-12-21(36-28)22(23(28)26(30)33)27(34)35-5-2/h6-11,14,16,20-24,31H,4-5,12-13,15H2,1-3H3,(H,29,32)/t16-,20-,21+,22-,23-,24?,28?/m0/s1. The molecule has 3 saturated heterocycles. The molecular weight excluding hydrogens is 460 g/mol. The maximum Gasteiger partial charge on any atom is 0.312 e. The second-order valence-electron chi connectivity index (χ2n) is 10.2. The van der Waals surface area contributed by atoms with Crippen molar-refractivity contribution in [1.29, 1.82) is 0 Å². The number of likely N-dealkylation sites (tertiary alicyclic amines) is 1. The fraction of sp³-hybridized carbons (Fsp3) is 0.536. The Balaban J connectivity index is 1.54. The lowest BCUT2D eigenvalue weighted by atomic mass is 9.70. The second-order valence-corrected chi connectivity index (χ2v) is 10.2. The highest BCUT2D eigenvalue weighted by molar-refractivity contribution is 6.04. The van der Waals surface area contributed by atoms with Crippen LogP contribution in [0.2, 0.25) is 0 Å². The van der Waals surface area contributed by atoms with Crippen LogP contribution in [0.15, 0.2) is 42.5 Å². The molecule has 2 bridgehead atoms. The maximum atomic E-state index is 14.0. The van der Waals surface area contributed by atoms with E-state index < -0.39 is 41.6 Å². The first kappa shape index (κ1) is 24.7. The molecule has 3 fully saturated rings. The zero-order chi connectivity index (χ0) is 25.6. The van der Waals surface area contributed by atoms with Crippen LogP contribution >= 0.6 is 0 Å². The Morgan fingerprint density at radius 2 is 1.97 bits per heavy atom. The van der Waals surface area contributed by atoms with Gasteiger partial charge in [0.05, 0.1) is 37.2 Å². The van der Waals surface area contributed by atoms with Gasteiger partial charge in [0.1, 0.15) is 11.6 Å². The van der Waals surface area contributed by atoms with E-state index in [9.17, 15) is 19.5 Å². The van der Waals surface area contributed by atoms with Crippen LogP contribution in [0.4, 0.5) is 5.69 Å². The molecule has 2 aromatic carbocycles. The Labute approximate surface area is 210 Å². The lowest BCUT2D eigenvalue weighted by Crippen LogP contribution is -2.57. The molecule has 192 valence electrons. The molecule has 3 aliphatic rings. The van der Waals surface area contributed by atoms with Gasteiger partial charge in [-0.15, -0.1) is 0 Å². The molecule has 3 aliphatic heterocycles. The topological polar surface area (TPSA) is 105 Å². The molecule has 3 heterocycles. The van der Waals surface area contributed by atoms with Crippen LogP contribution in [-0.4, -0.2) is 64.8 Å². The van der Waals surface area contributed by atoms with Crippen LogP contribution in [0, 0.1) is 17.8 Å².